The van der Waals surface area contributed by atoms with Gasteiger partial charge in [-0.15, -0.1) is 0 Å². The van der Waals surface area contributed by atoms with E-state index >= 15 is 0 Å². The lowest BCUT2D eigenvalue weighted by atomic mass is 10.2. The molecule has 2 aromatic carbocycles. The van der Waals surface area contributed by atoms with E-state index in [0.717, 1.165) is 0 Å². The van der Waals surface area contributed by atoms with Crippen LogP contribution in [-0.4, -0.2) is 12.7 Å². The van der Waals surface area contributed by atoms with Gasteiger partial charge in [0, 0.05) is 12.1 Å². The Morgan fingerprint density at radius 2 is 1.90 bits per heavy atom. The number of fused-ring (bicyclic) bond motifs is 1. The number of hydrogen-bond donors (Lipinski definition) is 2. The smallest absolute Gasteiger partial charge is 0.258 e. The first-order valence-corrected chi connectivity index (χ1v) is 5.90. The second kappa shape index (κ2) is 4.73. The first-order valence-electron chi connectivity index (χ1n) is 5.90. The first-order chi connectivity index (χ1) is 9.65. The van der Waals surface area contributed by atoms with Crippen molar-refractivity contribution in [3.63, 3.8) is 0 Å². The van der Waals surface area contributed by atoms with Gasteiger partial charge in [-0.1, -0.05) is 12.1 Å². The van der Waals surface area contributed by atoms with Crippen molar-refractivity contribution in [2.75, 3.05) is 17.8 Å². The van der Waals surface area contributed by atoms with Crippen molar-refractivity contribution in [2.45, 2.75) is 0 Å². The van der Waals surface area contributed by atoms with Crippen molar-refractivity contribution in [1.82, 2.24) is 0 Å². The first kappa shape index (κ1) is 12.3. The summed E-state index contributed by atoms with van der Waals surface area (Å²) < 4.78 is 23.9. The molecule has 1 heterocycles. The van der Waals surface area contributed by atoms with Gasteiger partial charge in [0.25, 0.3) is 5.91 Å². The predicted octanol–water partition coefficient (Wildman–Crippen LogP) is 2.39. The minimum atomic E-state index is -0.593. The van der Waals surface area contributed by atoms with E-state index in [4.69, 9.17) is 15.2 Å². The largest absolute Gasteiger partial charge is 0.454 e. The molecule has 2 aromatic rings. The highest BCUT2D eigenvalue weighted by molar-refractivity contribution is 6.06. The van der Waals surface area contributed by atoms with Crippen molar-refractivity contribution in [3.05, 3.63) is 47.8 Å². The van der Waals surface area contributed by atoms with Crippen molar-refractivity contribution < 1.29 is 18.7 Å². The Morgan fingerprint density at radius 1 is 1.20 bits per heavy atom. The number of rotatable bonds is 2. The number of nitrogens with one attached hydrogen (secondary N) is 1. The second-order valence-electron chi connectivity index (χ2n) is 4.23. The van der Waals surface area contributed by atoms with Gasteiger partial charge in [0.05, 0.1) is 16.9 Å². The van der Waals surface area contributed by atoms with Gasteiger partial charge in [-0.3, -0.25) is 4.79 Å². The van der Waals surface area contributed by atoms with Crippen molar-refractivity contribution in [3.8, 4) is 11.5 Å². The van der Waals surface area contributed by atoms with Gasteiger partial charge >= 0.3 is 0 Å². The fourth-order valence-electron chi connectivity index (χ4n) is 1.90. The number of halogens is 1. The Morgan fingerprint density at radius 3 is 2.65 bits per heavy atom. The average Bonchev–Trinajstić information content (AvgIpc) is 2.86. The minimum Gasteiger partial charge on any atom is -0.454 e. The Bertz CT molecular complexity index is 688. The summed E-state index contributed by atoms with van der Waals surface area (Å²) >= 11 is 0. The van der Waals surface area contributed by atoms with Gasteiger partial charge in [-0.25, -0.2) is 4.39 Å². The van der Waals surface area contributed by atoms with Crippen LogP contribution in [0.2, 0.25) is 0 Å². The molecular formula is C14H11FN2O3. The van der Waals surface area contributed by atoms with E-state index in [1.807, 2.05) is 0 Å². The normalized spacial score (nSPS) is 12.2. The Hall–Kier alpha value is -2.76. The molecule has 1 aliphatic heterocycles. The molecule has 0 aliphatic carbocycles. The lowest BCUT2D eigenvalue weighted by Gasteiger charge is -2.09. The molecular weight excluding hydrogens is 263 g/mol. The third kappa shape index (κ3) is 2.11. The van der Waals surface area contributed by atoms with Crippen LogP contribution in [0.3, 0.4) is 0 Å². The van der Waals surface area contributed by atoms with Gasteiger partial charge < -0.3 is 20.5 Å². The molecule has 0 saturated heterocycles. The highest BCUT2D eigenvalue weighted by Crippen LogP contribution is 2.38. The maximum Gasteiger partial charge on any atom is 0.258 e. The zero-order valence-electron chi connectivity index (χ0n) is 10.4. The zero-order chi connectivity index (χ0) is 14.1. The number of nitrogens with two attached hydrogens (primary N) is 1. The maximum absolute atomic E-state index is 13.5. The molecule has 6 heteroatoms. The Kier molecular flexibility index (Phi) is 2.90. The van der Waals surface area contributed by atoms with Crippen LogP contribution < -0.4 is 20.5 Å². The molecule has 0 unspecified atom stereocenters. The molecule has 0 spiro atoms. The number of carbonyl (C=O) groups is 1. The molecule has 3 N–H and O–H groups in total. The Balaban J connectivity index is 1.88. The summed E-state index contributed by atoms with van der Waals surface area (Å²) in [5.74, 6) is -0.160. The van der Waals surface area contributed by atoms with E-state index < -0.39 is 11.7 Å². The van der Waals surface area contributed by atoms with Crippen LogP contribution in [0.25, 0.3) is 0 Å². The van der Waals surface area contributed by atoms with Crippen LogP contribution in [-0.2, 0) is 0 Å². The van der Waals surface area contributed by atoms with Gasteiger partial charge in [0.1, 0.15) is 5.82 Å². The molecule has 5 nitrogen and oxygen atoms in total. The highest BCUT2D eigenvalue weighted by atomic mass is 19.1. The number of ether oxygens (including phenoxy) is 2. The molecule has 0 radical (unpaired) electrons. The average molecular weight is 274 g/mol. The van der Waals surface area contributed by atoms with Gasteiger partial charge in [-0.2, -0.15) is 0 Å². The summed E-state index contributed by atoms with van der Waals surface area (Å²) in [6.07, 6.45) is 0. The fraction of sp³-hybridized carbons (Fsp3) is 0.0714. The quantitative estimate of drug-likeness (QED) is 0.825. The number of anilines is 2. The third-order valence-electron chi connectivity index (χ3n) is 2.91. The van der Waals surface area contributed by atoms with Crippen LogP contribution in [0, 0.1) is 5.82 Å². The van der Waals surface area contributed by atoms with Crippen LogP contribution in [0.4, 0.5) is 15.8 Å². The highest BCUT2D eigenvalue weighted by Gasteiger charge is 2.18. The number of carbonyl (C=O) groups excluding carboxylic acids is 1. The molecule has 102 valence electrons. The van der Waals surface area contributed by atoms with Crippen LogP contribution in [0.5, 0.6) is 11.5 Å². The van der Waals surface area contributed by atoms with Gasteiger partial charge in [-0.05, 0) is 12.1 Å². The molecule has 1 amide bonds. The van der Waals surface area contributed by atoms with E-state index in [2.05, 4.69) is 5.32 Å². The molecule has 1 aliphatic rings. The number of nitrogen functional groups attached to an aromatic ring is 1. The molecule has 0 atom stereocenters. The lowest BCUT2D eigenvalue weighted by Crippen LogP contribution is -2.14. The summed E-state index contributed by atoms with van der Waals surface area (Å²) in [7, 11) is 0. The third-order valence-corrected chi connectivity index (χ3v) is 2.91. The van der Waals surface area contributed by atoms with E-state index in [1.54, 1.807) is 18.2 Å². The molecule has 20 heavy (non-hydrogen) atoms. The number of benzene rings is 2. The fourth-order valence-corrected chi connectivity index (χ4v) is 1.90. The van der Waals surface area contributed by atoms with E-state index in [9.17, 15) is 9.18 Å². The van der Waals surface area contributed by atoms with Crippen LogP contribution >= 0.6 is 0 Å². The standard InChI is InChI=1S/C14H11FN2O3/c15-9-4-2-1-3-8(9)14(18)17-11-6-13-12(5-10(11)16)19-7-20-13/h1-6H,7,16H2,(H,17,18). The lowest BCUT2D eigenvalue weighted by molar-refractivity contribution is 0.102. The summed E-state index contributed by atoms with van der Waals surface area (Å²) in [6, 6.07) is 8.82. The topological polar surface area (TPSA) is 73.6 Å². The summed E-state index contributed by atoms with van der Waals surface area (Å²) in [5, 5.41) is 2.56. The van der Waals surface area contributed by atoms with Gasteiger partial charge in [0.15, 0.2) is 11.5 Å². The minimum absolute atomic E-state index is 0.0513. The van der Waals surface area contributed by atoms with E-state index in [-0.39, 0.29) is 12.4 Å². The number of amides is 1. The second-order valence-corrected chi connectivity index (χ2v) is 4.23. The van der Waals surface area contributed by atoms with Gasteiger partial charge in [0.2, 0.25) is 6.79 Å². The molecule has 3 rings (SSSR count). The van der Waals surface area contributed by atoms with Crippen molar-refractivity contribution in [2.24, 2.45) is 0 Å². The van der Waals surface area contributed by atoms with Crippen molar-refractivity contribution in [1.29, 1.82) is 0 Å². The van der Waals surface area contributed by atoms with Crippen LogP contribution in [0.1, 0.15) is 10.4 Å². The van der Waals surface area contributed by atoms with E-state index in [0.29, 0.717) is 22.9 Å². The molecule has 0 aromatic heterocycles. The maximum atomic E-state index is 13.5. The SMILES string of the molecule is Nc1cc2c(cc1NC(=O)c1ccccc1F)OCO2. The molecule has 0 bridgehead atoms. The molecule has 0 saturated carbocycles. The molecule has 0 fully saturated rings. The van der Waals surface area contributed by atoms with Crippen molar-refractivity contribution >= 4 is 17.3 Å². The van der Waals surface area contributed by atoms with Crippen LogP contribution in [0.15, 0.2) is 36.4 Å². The zero-order valence-corrected chi connectivity index (χ0v) is 10.4. The monoisotopic (exact) mass is 274 g/mol. The Labute approximate surface area is 114 Å². The summed E-state index contributed by atoms with van der Waals surface area (Å²) in [6.45, 7) is 0.111. The van der Waals surface area contributed by atoms with E-state index in [1.165, 1.54) is 18.2 Å². The predicted molar refractivity (Wildman–Crippen MR) is 71.3 cm³/mol. The summed E-state index contributed by atoms with van der Waals surface area (Å²) in [4.78, 5) is 12.0. The number of hydrogen-bond acceptors (Lipinski definition) is 4. The summed E-state index contributed by atoms with van der Waals surface area (Å²) in [5.41, 5.74) is 6.43.